The largest absolute Gasteiger partial charge is 0.481 e. The molecule has 0 unspecified atom stereocenters. The molecular weight excluding hydrogens is 469 g/mol. The molecule has 2 N–H and O–H groups in total. The van der Waals surface area contributed by atoms with Gasteiger partial charge in [-0.3, -0.25) is 14.4 Å². The summed E-state index contributed by atoms with van der Waals surface area (Å²) in [5.41, 5.74) is 1.48. The molecule has 0 aliphatic rings. The Hall–Kier alpha value is -2.48. The van der Waals surface area contributed by atoms with E-state index in [9.17, 15) is 14.4 Å². The van der Waals surface area contributed by atoms with Crippen LogP contribution in [0.5, 0.6) is 17.2 Å². The lowest BCUT2D eigenvalue weighted by Gasteiger charge is -2.18. The molecule has 0 bridgehead atoms. The first kappa shape index (κ1) is 24.8. The van der Waals surface area contributed by atoms with Gasteiger partial charge in [0.25, 0.3) is 0 Å². The maximum absolute atomic E-state index is 11.7. The van der Waals surface area contributed by atoms with Crippen LogP contribution in [0.15, 0.2) is 18.2 Å². The van der Waals surface area contributed by atoms with Gasteiger partial charge in [0.2, 0.25) is 5.91 Å². The molecule has 0 saturated carbocycles. The number of halogens is 3. The van der Waals surface area contributed by atoms with Gasteiger partial charge in [0.1, 0.15) is 22.9 Å². The number of amides is 1. The van der Waals surface area contributed by atoms with E-state index in [-0.39, 0.29) is 32.4 Å². The molecule has 0 aromatic heterocycles. The summed E-state index contributed by atoms with van der Waals surface area (Å²) < 4.78 is 11.2. The third-order valence-electron chi connectivity index (χ3n) is 4.07. The van der Waals surface area contributed by atoms with E-state index < -0.39 is 24.3 Å². The molecule has 10 heteroatoms. The van der Waals surface area contributed by atoms with Crippen LogP contribution in [0.4, 0.5) is 5.69 Å². The fourth-order valence-electron chi connectivity index (χ4n) is 2.75. The molecule has 7 nitrogen and oxygen atoms in total. The number of hydrogen-bond donors (Lipinski definition) is 2. The minimum atomic E-state index is -1.29. The predicted molar refractivity (Wildman–Crippen MR) is 119 cm³/mol. The molecule has 0 heterocycles. The Morgan fingerprint density at radius 1 is 1.06 bits per heavy atom. The SMILES string of the molecule is CC(=O)Oc1c(C)cc(Oc2c(Cl)cc(NC(=O)CC(=O)O)c(Cl)c2Cl)cc1C(C)C. The van der Waals surface area contributed by atoms with Gasteiger partial charge in [-0.15, -0.1) is 0 Å². The number of benzene rings is 2. The zero-order valence-corrected chi connectivity index (χ0v) is 19.4. The number of ether oxygens (including phenoxy) is 2. The van der Waals surface area contributed by atoms with Crippen molar-refractivity contribution in [2.24, 2.45) is 0 Å². The van der Waals surface area contributed by atoms with Crippen LogP contribution in [-0.4, -0.2) is 23.0 Å². The molecule has 0 saturated heterocycles. The molecule has 2 aromatic rings. The molecule has 0 spiro atoms. The Balaban J connectivity index is 2.42. The second-order valence-corrected chi connectivity index (χ2v) is 8.15. The van der Waals surface area contributed by atoms with Gasteiger partial charge < -0.3 is 19.9 Å². The number of carboxylic acid groups (broad SMARTS) is 1. The summed E-state index contributed by atoms with van der Waals surface area (Å²) in [6.07, 6.45) is -0.740. The highest BCUT2D eigenvalue weighted by atomic mass is 35.5. The number of carbonyl (C=O) groups is 3. The van der Waals surface area contributed by atoms with Crippen molar-refractivity contribution in [1.29, 1.82) is 0 Å². The number of carbonyl (C=O) groups excluding carboxylic acids is 2. The highest BCUT2D eigenvalue weighted by molar-refractivity contribution is 6.46. The summed E-state index contributed by atoms with van der Waals surface area (Å²) in [7, 11) is 0. The van der Waals surface area contributed by atoms with E-state index in [0.717, 1.165) is 5.56 Å². The van der Waals surface area contributed by atoms with Gasteiger partial charge in [0.15, 0.2) is 5.75 Å². The standard InChI is InChI=1S/C21H20Cl3NO6/c1-9(2)13-6-12(5-10(3)20(13)30-11(4)26)31-21-14(22)7-15(18(23)19(21)24)25-16(27)8-17(28)29/h5-7,9H,8H2,1-4H3,(H,25,27)(H,28,29). The molecule has 2 rings (SSSR count). The Kier molecular flexibility index (Phi) is 8.17. The van der Waals surface area contributed by atoms with Crippen LogP contribution < -0.4 is 14.8 Å². The fourth-order valence-corrected chi connectivity index (χ4v) is 3.47. The Morgan fingerprint density at radius 2 is 1.71 bits per heavy atom. The maximum atomic E-state index is 11.7. The van der Waals surface area contributed by atoms with Gasteiger partial charge in [-0.05, 0) is 36.6 Å². The highest BCUT2D eigenvalue weighted by Crippen LogP contribution is 2.46. The van der Waals surface area contributed by atoms with Crippen molar-refractivity contribution in [3.8, 4) is 17.2 Å². The first-order chi connectivity index (χ1) is 14.4. The minimum Gasteiger partial charge on any atom is -0.481 e. The van der Waals surface area contributed by atoms with Crippen LogP contribution >= 0.6 is 34.8 Å². The lowest BCUT2D eigenvalue weighted by molar-refractivity contribution is -0.139. The number of rotatable bonds is 7. The van der Waals surface area contributed by atoms with E-state index in [0.29, 0.717) is 17.1 Å². The second kappa shape index (κ2) is 10.2. The maximum Gasteiger partial charge on any atom is 0.312 e. The molecule has 31 heavy (non-hydrogen) atoms. The summed E-state index contributed by atoms with van der Waals surface area (Å²) in [6.45, 7) is 6.98. The Bertz CT molecular complexity index is 1050. The lowest BCUT2D eigenvalue weighted by Crippen LogP contribution is -2.16. The van der Waals surface area contributed by atoms with Crippen molar-refractivity contribution in [1.82, 2.24) is 0 Å². The van der Waals surface area contributed by atoms with E-state index in [1.807, 2.05) is 13.8 Å². The van der Waals surface area contributed by atoms with Crippen molar-refractivity contribution in [2.75, 3.05) is 5.32 Å². The van der Waals surface area contributed by atoms with Gasteiger partial charge in [-0.1, -0.05) is 48.7 Å². The van der Waals surface area contributed by atoms with E-state index in [1.165, 1.54) is 13.0 Å². The highest BCUT2D eigenvalue weighted by Gasteiger charge is 2.21. The van der Waals surface area contributed by atoms with Gasteiger partial charge in [0, 0.05) is 12.5 Å². The van der Waals surface area contributed by atoms with E-state index >= 15 is 0 Å². The topological polar surface area (TPSA) is 102 Å². The first-order valence-electron chi connectivity index (χ1n) is 9.10. The van der Waals surface area contributed by atoms with Crippen LogP contribution in [-0.2, 0) is 14.4 Å². The molecule has 0 fully saturated rings. The van der Waals surface area contributed by atoms with E-state index in [1.54, 1.807) is 19.1 Å². The fraction of sp³-hybridized carbons (Fsp3) is 0.286. The molecule has 2 aromatic carbocycles. The summed E-state index contributed by atoms with van der Waals surface area (Å²) in [6, 6.07) is 4.68. The van der Waals surface area contributed by atoms with Gasteiger partial charge in [0.05, 0.1) is 15.7 Å². The predicted octanol–water partition coefficient (Wildman–Crippen LogP) is 6.21. The average Bonchev–Trinajstić information content (AvgIpc) is 2.63. The summed E-state index contributed by atoms with van der Waals surface area (Å²) in [5.74, 6) is -1.58. The van der Waals surface area contributed by atoms with Crippen molar-refractivity contribution < 1.29 is 29.0 Å². The summed E-state index contributed by atoms with van der Waals surface area (Å²) >= 11 is 18.8. The van der Waals surface area contributed by atoms with Gasteiger partial charge in [-0.2, -0.15) is 0 Å². The number of anilines is 1. The average molecular weight is 489 g/mol. The summed E-state index contributed by atoms with van der Waals surface area (Å²) in [5, 5.41) is 11.0. The van der Waals surface area contributed by atoms with Crippen LogP contribution in [0.1, 0.15) is 44.2 Å². The molecule has 1 amide bonds. The lowest BCUT2D eigenvalue weighted by atomic mass is 9.99. The number of esters is 1. The normalized spacial score (nSPS) is 10.7. The van der Waals surface area contributed by atoms with Crippen LogP contribution in [0.25, 0.3) is 0 Å². The van der Waals surface area contributed by atoms with Crippen molar-refractivity contribution in [2.45, 2.75) is 40.0 Å². The molecule has 0 aliphatic heterocycles. The van der Waals surface area contributed by atoms with Crippen molar-refractivity contribution in [3.63, 3.8) is 0 Å². The van der Waals surface area contributed by atoms with E-state index in [2.05, 4.69) is 5.32 Å². The molecule has 0 aliphatic carbocycles. The number of carboxylic acids is 1. The molecule has 0 radical (unpaired) electrons. The third-order valence-corrected chi connectivity index (χ3v) is 5.20. The monoisotopic (exact) mass is 487 g/mol. The zero-order valence-electron chi connectivity index (χ0n) is 17.1. The molecule has 166 valence electrons. The van der Waals surface area contributed by atoms with Crippen molar-refractivity contribution >= 4 is 58.3 Å². The Labute approximate surface area is 194 Å². The third kappa shape index (κ3) is 6.26. The number of hydrogen-bond acceptors (Lipinski definition) is 5. The van der Waals surface area contributed by atoms with Crippen molar-refractivity contribution in [3.05, 3.63) is 44.4 Å². The van der Waals surface area contributed by atoms with E-state index in [4.69, 9.17) is 49.4 Å². The second-order valence-electron chi connectivity index (χ2n) is 6.99. The van der Waals surface area contributed by atoms with Crippen LogP contribution in [0.2, 0.25) is 15.1 Å². The number of aryl methyl sites for hydroxylation is 1. The number of aliphatic carboxylic acids is 1. The van der Waals surface area contributed by atoms with Gasteiger partial charge >= 0.3 is 11.9 Å². The molecule has 0 atom stereocenters. The van der Waals surface area contributed by atoms with Crippen LogP contribution in [0, 0.1) is 6.92 Å². The van der Waals surface area contributed by atoms with Gasteiger partial charge in [-0.25, -0.2) is 0 Å². The zero-order chi connectivity index (χ0) is 23.5. The molecular formula is C21H20Cl3NO6. The smallest absolute Gasteiger partial charge is 0.312 e. The summed E-state index contributed by atoms with van der Waals surface area (Å²) in [4.78, 5) is 33.8. The minimum absolute atomic E-state index is 0.0259. The first-order valence-corrected chi connectivity index (χ1v) is 10.2. The number of nitrogens with one attached hydrogen (secondary N) is 1. The Morgan fingerprint density at radius 3 is 2.26 bits per heavy atom. The van der Waals surface area contributed by atoms with Crippen LogP contribution in [0.3, 0.4) is 0 Å². The quantitative estimate of drug-likeness (QED) is 0.208.